The summed E-state index contributed by atoms with van der Waals surface area (Å²) in [4.78, 5) is 25.1. The summed E-state index contributed by atoms with van der Waals surface area (Å²) in [6, 6.07) is 10.0. The van der Waals surface area contributed by atoms with E-state index in [-0.39, 0.29) is 17.4 Å². The molecule has 4 heterocycles. The van der Waals surface area contributed by atoms with Crippen LogP contribution < -0.4 is 5.73 Å². The number of carbonyl (C=O) groups is 1. The normalized spacial score (nSPS) is 11.3. The second kappa shape index (κ2) is 7.86. The minimum absolute atomic E-state index is 0.0237. The number of aromatic amines is 1. The van der Waals surface area contributed by atoms with Crippen molar-refractivity contribution < 1.29 is 9.90 Å². The van der Waals surface area contributed by atoms with Crippen LogP contribution in [0.2, 0.25) is 0 Å². The highest BCUT2D eigenvalue weighted by Gasteiger charge is 2.23. The zero-order valence-corrected chi connectivity index (χ0v) is 18.0. The van der Waals surface area contributed by atoms with E-state index >= 15 is 0 Å². The first-order valence-corrected chi connectivity index (χ1v) is 10.3. The minimum Gasteiger partial charge on any atom is -0.504 e. The first-order chi connectivity index (χ1) is 15.9. The summed E-state index contributed by atoms with van der Waals surface area (Å²) in [5.41, 5.74) is 9.16. The van der Waals surface area contributed by atoms with Crippen molar-refractivity contribution in [3.8, 4) is 28.8 Å². The Labute approximate surface area is 188 Å². The first-order valence-electron chi connectivity index (χ1n) is 10.3. The molecular weight excluding hydrogens is 422 g/mol. The van der Waals surface area contributed by atoms with Crippen LogP contribution in [0.15, 0.2) is 42.7 Å². The molecule has 0 spiro atoms. The highest BCUT2D eigenvalue weighted by atomic mass is 16.3. The van der Waals surface area contributed by atoms with Crippen LogP contribution in [0.1, 0.15) is 27.6 Å². The van der Waals surface area contributed by atoms with Gasteiger partial charge >= 0.3 is 0 Å². The van der Waals surface area contributed by atoms with Gasteiger partial charge in [-0.05, 0) is 25.8 Å². The summed E-state index contributed by atoms with van der Waals surface area (Å²) >= 11 is 0. The lowest BCUT2D eigenvalue weighted by Gasteiger charge is -2.05. The Hall–Kier alpha value is -4.54. The molecule has 0 atom stereocenters. The Balaban J connectivity index is 1.54. The summed E-state index contributed by atoms with van der Waals surface area (Å²) in [6.45, 7) is 4.07. The molecule has 4 N–H and O–H groups in total. The Morgan fingerprint density at radius 2 is 1.97 bits per heavy atom. The van der Waals surface area contributed by atoms with E-state index in [0.29, 0.717) is 40.7 Å². The lowest BCUT2D eigenvalue weighted by molar-refractivity contribution is 0.0990. The molecule has 11 nitrogen and oxygen atoms in total. The summed E-state index contributed by atoms with van der Waals surface area (Å²) in [6.07, 6.45) is 3.99. The van der Waals surface area contributed by atoms with E-state index in [4.69, 9.17) is 5.73 Å². The monoisotopic (exact) mass is 443 g/mol. The third kappa shape index (κ3) is 3.59. The van der Waals surface area contributed by atoms with Gasteiger partial charge in [0.25, 0.3) is 5.91 Å². The van der Waals surface area contributed by atoms with Gasteiger partial charge in [0, 0.05) is 12.7 Å². The van der Waals surface area contributed by atoms with Gasteiger partial charge in [-0.25, -0.2) is 9.97 Å². The van der Waals surface area contributed by atoms with E-state index in [1.165, 1.54) is 0 Å². The number of hydrogen-bond acceptors (Lipinski definition) is 7. The molecule has 0 saturated carbocycles. The number of benzene rings is 1. The third-order valence-corrected chi connectivity index (χ3v) is 5.35. The maximum Gasteiger partial charge on any atom is 0.285 e. The molecule has 5 aromatic rings. The topological polar surface area (TPSA) is 153 Å². The number of fused-ring (bicyclic) bond motifs is 1. The summed E-state index contributed by atoms with van der Waals surface area (Å²) in [7, 11) is 0. The number of amides is 1. The molecule has 33 heavy (non-hydrogen) atoms. The maximum atomic E-state index is 11.9. The Morgan fingerprint density at radius 3 is 2.73 bits per heavy atom. The predicted octanol–water partition coefficient (Wildman–Crippen LogP) is 2.04. The Bertz CT molecular complexity index is 1480. The van der Waals surface area contributed by atoms with Crippen LogP contribution in [0, 0.1) is 13.8 Å². The zero-order valence-electron chi connectivity index (χ0n) is 18.0. The maximum absolute atomic E-state index is 11.9. The van der Waals surface area contributed by atoms with Crippen LogP contribution in [-0.2, 0) is 13.0 Å². The lowest BCUT2D eigenvalue weighted by Crippen LogP contribution is -2.15. The predicted molar refractivity (Wildman–Crippen MR) is 119 cm³/mol. The number of primary amides is 1. The number of hydrogen-bond donors (Lipinski definition) is 3. The van der Waals surface area contributed by atoms with E-state index in [2.05, 4.69) is 30.2 Å². The van der Waals surface area contributed by atoms with Crippen LogP contribution in [0.4, 0.5) is 0 Å². The van der Waals surface area contributed by atoms with Gasteiger partial charge in [-0.2, -0.15) is 10.2 Å². The number of imidazole rings is 1. The van der Waals surface area contributed by atoms with Gasteiger partial charge in [0.15, 0.2) is 11.6 Å². The van der Waals surface area contributed by atoms with E-state index in [0.717, 1.165) is 12.0 Å². The molecule has 11 heteroatoms. The average Bonchev–Trinajstić information content (AvgIpc) is 3.49. The molecule has 0 fully saturated rings. The fraction of sp³-hybridized carbons (Fsp3) is 0.182. The molecule has 0 saturated heterocycles. The van der Waals surface area contributed by atoms with Gasteiger partial charge < -0.3 is 10.8 Å². The molecule has 0 unspecified atom stereocenters. The van der Waals surface area contributed by atoms with Crippen LogP contribution in [0.3, 0.4) is 0 Å². The van der Waals surface area contributed by atoms with Crippen molar-refractivity contribution >= 4 is 11.4 Å². The van der Waals surface area contributed by atoms with Gasteiger partial charge in [0.2, 0.25) is 11.6 Å². The highest BCUT2D eigenvalue weighted by Crippen LogP contribution is 2.31. The van der Waals surface area contributed by atoms with Gasteiger partial charge in [0.05, 0.1) is 17.4 Å². The summed E-state index contributed by atoms with van der Waals surface area (Å²) in [5.74, 6) is -0.0181. The van der Waals surface area contributed by atoms with Gasteiger partial charge in [-0.1, -0.05) is 30.3 Å². The minimum atomic E-state index is -0.676. The van der Waals surface area contributed by atoms with Crippen LogP contribution in [-0.4, -0.2) is 50.3 Å². The van der Waals surface area contributed by atoms with E-state index in [1.54, 1.807) is 35.3 Å². The number of nitrogens with one attached hydrogen (secondary N) is 1. The third-order valence-electron chi connectivity index (χ3n) is 5.35. The molecule has 0 radical (unpaired) electrons. The fourth-order valence-electron chi connectivity index (χ4n) is 3.74. The number of aryl methyl sites for hydroxylation is 4. The molecular formula is C22H21N9O2. The van der Waals surface area contributed by atoms with Crippen LogP contribution in [0.25, 0.3) is 28.6 Å². The fourth-order valence-corrected chi connectivity index (χ4v) is 3.74. The van der Waals surface area contributed by atoms with Gasteiger partial charge in [-0.15, -0.1) is 0 Å². The standard InChI is InChI=1S/C22H21N9O2/c1-12-11-30-15(10-24-12)16(25-22(30)19(23)33)20-26-21(28-27-20)17-18(32)13(2)29-31(17)9-8-14-6-4-3-5-7-14/h3-7,10-11,32H,8-9H2,1-2H3,(H2,23,33)(H,26,27,28). The molecule has 0 aliphatic rings. The molecule has 0 aliphatic carbocycles. The molecule has 1 aromatic carbocycles. The number of carbonyl (C=O) groups excluding carboxylic acids is 1. The number of H-pyrrole nitrogens is 1. The largest absolute Gasteiger partial charge is 0.504 e. The summed E-state index contributed by atoms with van der Waals surface area (Å²) < 4.78 is 3.27. The smallest absolute Gasteiger partial charge is 0.285 e. The van der Waals surface area contributed by atoms with Crippen molar-refractivity contribution in [1.29, 1.82) is 0 Å². The second-order valence-corrected chi connectivity index (χ2v) is 7.68. The Kier molecular flexibility index (Phi) is 4.85. The second-order valence-electron chi connectivity index (χ2n) is 7.68. The number of rotatable bonds is 6. The zero-order chi connectivity index (χ0) is 23.1. The molecule has 4 aromatic heterocycles. The molecule has 5 rings (SSSR count). The van der Waals surface area contributed by atoms with E-state index in [9.17, 15) is 9.90 Å². The van der Waals surface area contributed by atoms with Gasteiger partial charge in [-0.3, -0.25) is 24.0 Å². The molecule has 0 bridgehead atoms. The average molecular weight is 443 g/mol. The van der Waals surface area contributed by atoms with Crippen molar-refractivity contribution in [2.75, 3.05) is 0 Å². The van der Waals surface area contributed by atoms with Crippen molar-refractivity contribution in [2.45, 2.75) is 26.8 Å². The number of nitrogens with zero attached hydrogens (tertiary/aromatic N) is 7. The van der Waals surface area contributed by atoms with E-state index in [1.807, 2.05) is 30.3 Å². The quantitative estimate of drug-likeness (QED) is 0.363. The van der Waals surface area contributed by atoms with Gasteiger partial charge in [0.1, 0.15) is 17.1 Å². The van der Waals surface area contributed by atoms with Crippen molar-refractivity contribution in [3.05, 3.63) is 65.5 Å². The molecule has 1 amide bonds. The van der Waals surface area contributed by atoms with Crippen LogP contribution in [0.5, 0.6) is 5.75 Å². The number of aromatic nitrogens is 8. The molecule has 166 valence electrons. The van der Waals surface area contributed by atoms with E-state index < -0.39 is 5.91 Å². The number of nitrogens with two attached hydrogens (primary N) is 1. The summed E-state index contributed by atoms with van der Waals surface area (Å²) in [5, 5.41) is 22.3. The van der Waals surface area contributed by atoms with Crippen molar-refractivity contribution in [1.82, 2.24) is 39.3 Å². The number of aromatic hydroxyl groups is 1. The Morgan fingerprint density at radius 1 is 1.18 bits per heavy atom. The molecule has 0 aliphatic heterocycles. The van der Waals surface area contributed by atoms with Crippen molar-refractivity contribution in [2.24, 2.45) is 5.73 Å². The first kappa shape index (κ1) is 20.4. The lowest BCUT2D eigenvalue weighted by atomic mass is 10.1. The highest BCUT2D eigenvalue weighted by molar-refractivity contribution is 5.92. The van der Waals surface area contributed by atoms with Crippen LogP contribution >= 0.6 is 0 Å². The van der Waals surface area contributed by atoms with Crippen molar-refractivity contribution in [3.63, 3.8) is 0 Å². The SMILES string of the molecule is Cc1cn2c(C(N)=O)nc(-c3n[nH]c(-c4c(O)c(C)nn4CCc4ccccc4)n3)c2cn1.